The summed E-state index contributed by atoms with van der Waals surface area (Å²) >= 11 is 3.48. The zero-order valence-corrected chi connectivity index (χ0v) is 10.9. The molecule has 0 aliphatic carbocycles. The number of benzene rings is 1. The van der Waals surface area contributed by atoms with Crippen LogP contribution in [0.25, 0.3) is 0 Å². The van der Waals surface area contributed by atoms with Gasteiger partial charge in [-0.25, -0.2) is 0 Å². The monoisotopic (exact) mass is 271 g/mol. The Morgan fingerprint density at radius 1 is 1.40 bits per heavy atom. The third kappa shape index (κ3) is 4.33. The average Bonchev–Trinajstić information content (AvgIpc) is 2.21. The van der Waals surface area contributed by atoms with E-state index in [2.05, 4.69) is 22.9 Å². The lowest BCUT2D eigenvalue weighted by molar-refractivity contribution is 0.0774. The van der Waals surface area contributed by atoms with E-state index in [1.807, 2.05) is 31.2 Å². The maximum Gasteiger partial charge on any atom is 0.0728 e. The Bertz CT molecular complexity index is 312. The predicted molar refractivity (Wildman–Crippen MR) is 66.7 cm³/mol. The maximum atomic E-state index is 5.98. The second-order valence-corrected chi connectivity index (χ2v) is 4.95. The van der Waals surface area contributed by atoms with Gasteiger partial charge in [0.2, 0.25) is 0 Å². The molecule has 15 heavy (non-hydrogen) atoms. The standard InChI is InChI=1S/C12H18BrNO/c1-3-12(2,14)9-15-8-10-6-4-5-7-11(10)13/h4-7H,3,8-9,14H2,1-2H3. The number of nitrogens with two attached hydrogens (primary N) is 1. The largest absolute Gasteiger partial charge is 0.375 e. The van der Waals surface area contributed by atoms with Gasteiger partial charge in [0.05, 0.1) is 13.2 Å². The quantitative estimate of drug-likeness (QED) is 0.894. The van der Waals surface area contributed by atoms with Gasteiger partial charge in [0.25, 0.3) is 0 Å². The van der Waals surface area contributed by atoms with Crippen LogP contribution in [-0.2, 0) is 11.3 Å². The predicted octanol–water partition coefficient (Wildman–Crippen LogP) is 3.09. The van der Waals surface area contributed by atoms with E-state index in [1.165, 1.54) is 0 Å². The molecule has 0 fully saturated rings. The normalized spacial score (nSPS) is 14.9. The van der Waals surface area contributed by atoms with Gasteiger partial charge in [-0.05, 0) is 25.0 Å². The van der Waals surface area contributed by atoms with Crippen molar-refractivity contribution in [1.82, 2.24) is 0 Å². The van der Waals surface area contributed by atoms with Crippen LogP contribution in [0.4, 0.5) is 0 Å². The zero-order valence-electron chi connectivity index (χ0n) is 9.29. The molecule has 0 amide bonds. The van der Waals surface area contributed by atoms with E-state index in [-0.39, 0.29) is 5.54 Å². The maximum absolute atomic E-state index is 5.98. The van der Waals surface area contributed by atoms with E-state index in [1.54, 1.807) is 0 Å². The van der Waals surface area contributed by atoms with Gasteiger partial charge >= 0.3 is 0 Å². The van der Waals surface area contributed by atoms with Crippen molar-refractivity contribution < 1.29 is 4.74 Å². The van der Waals surface area contributed by atoms with Crippen LogP contribution in [0.5, 0.6) is 0 Å². The van der Waals surface area contributed by atoms with Crippen LogP contribution < -0.4 is 5.73 Å². The van der Waals surface area contributed by atoms with Crippen molar-refractivity contribution >= 4 is 15.9 Å². The van der Waals surface area contributed by atoms with Gasteiger partial charge in [-0.1, -0.05) is 41.1 Å². The van der Waals surface area contributed by atoms with Crippen LogP contribution in [0, 0.1) is 0 Å². The van der Waals surface area contributed by atoms with Gasteiger partial charge in [0.1, 0.15) is 0 Å². The molecular formula is C12H18BrNO. The fraction of sp³-hybridized carbons (Fsp3) is 0.500. The SMILES string of the molecule is CCC(C)(N)COCc1ccccc1Br. The Morgan fingerprint density at radius 2 is 2.07 bits per heavy atom. The van der Waals surface area contributed by atoms with Gasteiger partial charge in [0, 0.05) is 10.0 Å². The molecule has 3 heteroatoms. The Hall–Kier alpha value is -0.380. The fourth-order valence-corrected chi connectivity index (χ4v) is 1.51. The van der Waals surface area contributed by atoms with Crippen molar-refractivity contribution in [2.24, 2.45) is 5.73 Å². The highest BCUT2D eigenvalue weighted by molar-refractivity contribution is 9.10. The molecule has 0 spiro atoms. The number of ether oxygens (including phenoxy) is 1. The first kappa shape index (κ1) is 12.7. The topological polar surface area (TPSA) is 35.2 Å². The average molecular weight is 272 g/mol. The van der Waals surface area contributed by atoms with Crippen LogP contribution in [0.1, 0.15) is 25.8 Å². The number of rotatable bonds is 5. The summed E-state index contributed by atoms with van der Waals surface area (Å²) in [6.07, 6.45) is 0.920. The molecule has 1 unspecified atom stereocenters. The van der Waals surface area contributed by atoms with Gasteiger partial charge in [-0.3, -0.25) is 0 Å². The number of halogens is 1. The number of hydrogen-bond donors (Lipinski definition) is 1. The summed E-state index contributed by atoms with van der Waals surface area (Å²) in [6.45, 7) is 5.27. The second kappa shape index (κ2) is 5.64. The van der Waals surface area contributed by atoms with Crippen LogP contribution in [0.15, 0.2) is 28.7 Å². The molecule has 0 saturated heterocycles. The molecule has 84 valence electrons. The molecule has 0 aromatic heterocycles. The van der Waals surface area contributed by atoms with Crippen LogP contribution >= 0.6 is 15.9 Å². The Kier molecular flexibility index (Phi) is 4.77. The van der Waals surface area contributed by atoms with E-state index in [9.17, 15) is 0 Å². The van der Waals surface area contributed by atoms with E-state index in [4.69, 9.17) is 10.5 Å². The molecule has 0 aliphatic heterocycles. The van der Waals surface area contributed by atoms with Gasteiger partial charge in [-0.2, -0.15) is 0 Å². The fourth-order valence-electron chi connectivity index (χ4n) is 1.11. The molecule has 1 aromatic rings. The summed E-state index contributed by atoms with van der Waals surface area (Å²) in [5, 5.41) is 0. The third-order valence-electron chi connectivity index (χ3n) is 2.45. The second-order valence-electron chi connectivity index (χ2n) is 4.09. The third-order valence-corrected chi connectivity index (χ3v) is 3.23. The first-order valence-corrected chi connectivity index (χ1v) is 5.94. The van der Waals surface area contributed by atoms with Crippen LogP contribution in [0.3, 0.4) is 0 Å². The lowest BCUT2D eigenvalue weighted by Gasteiger charge is -2.22. The summed E-state index contributed by atoms with van der Waals surface area (Å²) in [5.41, 5.74) is 6.92. The summed E-state index contributed by atoms with van der Waals surface area (Å²) < 4.78 is 6.68. The highest BCUT2D eigenvalue weighted by atomic mass is 79.9. The van der Waals surface area contributed by atoms with Crippen molar-refractivity contribution in [3.05, 3.63) is 34.3 Å². The zero-order chi connectivity index (χ0) is 11.3. The van der Waals surface area contributed by atoms with Gasteiger partial charge < -0.3 is 10.5 Å². The lowest BCUT2D eigenvalue weighted by Crippen LogP contribution is -2.40. The molecule has 0 saturated carbocycles. The molecule has 0 radical (unpaired) electrons. The summed E-state index contributed by atoms with van der Waals surface area (Å²) in [5.74, 6) is 0. The minimum Gasteiger partial charge on any atom is -0.375 e. The molecule has 1 rings (SSSR count). The molecular weight excluding hydrogens is 254 g/mol. The highest BCUT2D eigenvalue weighted by Gasteiger charge is 2.15. The van der Waals surface area contributed by atoms with Gasteiger partial charge in [-0.15, -0.1) is 0 Å². The van der Waals surface area contributed by atoms with E-state index >= 15 is 0 Å². The molecule has 2 nitrogen and oxygen atoms in total. The van der Waals surface area contributed by atoms with Crippen LogP contribution in [-0.4, -0.2) is 12.1 Å². The Morgan fingerprint density at radius 3 is 2.67 bits per heavy atom. The number of hydrogen-bond acceptors (Lipinski definition) is 2. The Labute approximate surface area is 99.9 Å². The van der Waals surface area contributed by atoms with E-state index in [0.717, 1.165) is 16.5 Å². The molecule has 2 N–H and O–H groups in total. The van der Waals surface area contributed by atoms with Crippen molar-refractivity contribution in [1.29, 1.82) is 0 Å². The first-order valence-electron chi connectivity index (χ1n) is 5.15. The van der Waals surface area contributed by atoms with E-state index < -0.39 is 0 Å². The first-order chi connectivity index (χ1) is 7.05. The molecule has 1 aromatic carbocycles. The van der Waals surface area contributed by atoms with Gasteiger partial charge in [0.15, 0.2) is 0 Å². The summed E-state index contributed by atoms with van der Waals surface area (Å²) in [7, 11) is 0. The lowest BCUT2D eigenvalue weighted by atomic mass is 10.0. The van der Waals surface area contributed by atoms with Crippen molar-refractivity contribution in [2.75, 3.05) is 6.61 Å². The highest BCUT2D eigenvalue weighted by Crippen LogP contribution is 2.17. The molecule has 0 bridgehead atoms. The molecule has 0 heterocycles. The van der Waals surface area contributed by atoms with Crippen LogP contribution in [0.2, 0.25) is 0 Å². The summed E-state index contributed by atoms with van der Waals surface area (Å²) in [6, 6.07) is 8.06. The molecule has 1 atom stereocenters. The van der Waals surface area contributed by atoms with Crippen molar-refractivity contribution in [3.8, 4) is 0 Å². The summed E-state index contributed by atoms with van der Waals surface area (Å²) in [4.78, 5) is 0. The van der Waals surface area contributed by atoms with Crippen molar-refractivity contribution in [2.45, 2.75) is 32.4 Å². The minimum absolute atomic E-state index is 0.221. The van der Waals surface area contributed by atoms with Crippen molar-refractivity contribution in [3.63, 3.8) is 0 Å². The minimum atomic E-state index is -0.221. The Balaban J connectivity index is 2.42. The van der Waals surface area contributed by atoms with E-state index in [0.29, 0.717) is 13.2 Å². The smallest absolute Gasteiger partial charge is 0.0728 e. The molecule has 0 aliphatic rings.